The van der Waals surface area contributed by atoms with Gasteiger partial charge in [0.2, 0.25) is 5.91 Å². The number of nitrogens with two attached hydrogens (primary N) is 1. The van der Waals surface area contributed by atoms with Crippen LogP contribution in [0.25, 0.3) is 0 Å². The third-order valence-corrected chi connectivity index (χ3v) is 3.79. The van der Waals surface area contributed by atoms with Gasteiger partial charge in [0.25, 0.3) is 0 Å². The molecule has 0 aromatic rings. The first-order valence-electron chi connectivity index (χ1n) is 7.06. The zero-order valence-electron chi connectivity index (χ0n) is 12.2. The van der Waals surface area contributed by atoms with Gasteiger partial charge >= 0.3 is 5.97 Å². The predicted molar refractivity (Wildman–Crippen MR) is 73.4 cm³/mol. The molecule has 1 fully saturated rings. The fourth-order valence-corrected chi connectivity index (χ4v) is 2.34. The van der Waals surface area contributed by atoms with E-state index >= 15 is 0 Å². The zero-order valence-corrected chi connectivity index (χ0v) is 12.2. The van der Waals surface area contributed by atoms with Gasteiger partial charge in [-0.1, -0.05) is 6.42 Å². The molecule has 3 N–H and O–H groups in total. The maximum atomic E-state index is 11.7. The van der Waals surface area contributed by atoms with E-state index in [4.69, 9.17) is 10.5 Å². The third kappa shape index (κ3) is 4.82. The first-order valence-corrected chi connectivity index (χ1v) is 7.06. The number of esters is 1. The molecular formula is C14H26N2O3. The lowest BCUT2D eigenvalue weighted by Crippen LogP contribution is -2.45. The Morgan fingerprint density at radius 3 is 2.63 bits per heavy atom. The molecule has 0 saturated heterocycles. The Labute approximate surface area is 115 Å². The second kappa shape index (κ2) is 6.89. The van der Waals surface area contributed by atoms with Crippen molar-refractivity contribution >= 4 is 11.9 Å². The summed E-state index contributed by atoms with van der Waals surface area (Å²) in [5.74, 6) is -0.413. The molecule has 2 unspecified atom stereocenters. The van der Waals surface area contributed by atoms with Gasteiger partial charge in [0.05, 0.1) is 17.9 Å². The van der Waals surface area contributed by atoms with Crippen LogP contribution in [0, 0.1) is 11.3 Å². The summed E-state index contributed by atoms with van der Waals surface area (Å²) in [5.41, 5.74) is 4.79. The summed E-state index contributed by atoms with van der Waals surface area (Å²) in [6, 6.07) is 0.266. The quantitative estimate of drug-likeness (QED) is 0.711. The molecule has 0 radical (unpaired) electrons. The van der Waals surface area contributed by atoms with E-state index in [0.717, 1.165) is 25.7 Å². The van der Waals surface area contributed by atoms with Crippen LogP contribution >= 0.6 is 0 Å². The lowest BCUT2D eigenvalue weighted by Gasteiger charge is -2.31. The molecule has 0 aromatic carbocycles. The molecule has 1 saturated carbocycles. The van der Waals surface area contributed by atoms with Gasteiger partial charge in [0, 0.05) is 12.6 Å². The van der Waals surface area contributed by atoms with E-state index in [-0.39, 0.29) is 23.8 Å². The predicted octanol–water partition coefficient (Wildman–Crippen LogP) is 1.21. The standard InChI is InChI=1S/C14H26N2O3/c1-4-19-12(17)10-6-5-7-11(8-10)16-9-14(2,3)13(15)18/h10-11,16H,4-9H2,1-3H3,(H2,15,18). The Balaban J connectivity index is 2.43. The summed E-state index contributed by atoms with van der Waals surface area (Å²) in [6.07, 6.45) is 3.73. The molecule has 5 nitrogen and oxygen atoms in total. The van der Waals surface area contributed by atoms with Gasteiger partial charge in [-0.25, -0.2) is 0 Å². The van der Waals surface area contributed by atoms with Crippen molar-refractivity contribution in [2.24, 2.45) is 17.1 Å². The minimum absolute atomic E-state index is 0.0112. The van der Waals surface area contributed by atoms with Crippen molar-refractivity contribution in [3.8, 4) is 0 Å². The number of carbonyl (C=O) groups is 2. The van der Waals surface area contributed by atoms with Gasteiger partial charge in [-0.2, -0.15) is 0 Å². The van der Waals surface area contributed by atoms with Gasteiger partial charge < -0.3 is 15.8 Å². The molecule has 1 rings (SSSR count). The minimum atomic E-state index is -0.559. The van der Waals surface area contributed by atoms with Crippen molar-refractivity contribution in [1.29, 1.82) is 0 Å². The zero-order chi connectivity index (χ0) is 14.5. The first kappa shape index (κ1) is 16.0. The van der Waals surface area contributed by atoms with Crippen LogP contribution in [0.3, 0.4) is 0 Å². The number of hydrogen-bond donors (Lipinski definition) is 2. The number of primary amides is 1. The van der Waals surface area contributed by atoms with E-state index in [2.05, 4.69) is 5.32 Å². The Kier molecular flexibility index (Phi) is 5.79. The summed E-state index contributed by atoms with van der Waals surface area (Å²) < 4.78 is 5.07. The average Bonchev–Trinajstić information content (AvgIpc) is 2.37. The molecule has 0 spiro atoms. The Morgan fingerprint density at radius 2 is 2.05 bits per heavy atom. The molecule has 5 heteroatoms. The Morgan fingerprint density at radius 1 is 1.37 bits per heavy atom. The van der Waals surface area contributed by atoms with Crippen molar-refractivity contribution in [2.45, 2.75) is 52.5 Å². The first-order chi connectivity index (χ1) is 8.86. The van der Waals surface area contributed by atoms with E-state index in [0.29, 0.717) is 13.2 Å². The highest BCUT2D eigenvalue weighted by atomic mass is 16.5. The minimum Gasteiger partial charge on any atom is -0.466 e. The van der Waals surface area contributed by atoms with E-state index in [1.807, 2.05) is 20.8 Å². The van der Waals surface area contributed by atoms with Gasteiger partial charge in [0.15, 0.2) is 0 Å². The molecule has 110 valence electrons. The third-order valence-electron chi connectivity index (χ3n) is 3.79. The van der Waals surface area contributed by atoms with E-state index in [9.17, 15) is 9.59 Å². The number of hydrogen-bond acceptors (Lipinski definition) is 4. The molecule has 19 heavy (non-hydrogen) atoms. The van der Waals surface area contributed by atoms with Gasteiger partial charge in [0.1, 0.15) is 0 Å². The largest absolute Gasteiger partial charge is 0.466 e. The Bertz CT molecular complexity index is 329. The fraction of sp³-hybridized carbons (Fsp3) is 0.857. The highest BCUT2D eigenvalue weighted by molar-refractivity contribution is 5.80. The highest BCUT2D eigenvalue weighted by Gasteiger charge is 2.30. The fourth-order valence-electron chi connectivity index (χ4n) is 2.34. The smallest absolute Gasteiger partial charge is 0.308 e. The number of carbonyl (C=O) groups excluding carboxylic acids is 2. The topological polar surface area (TPSA) is 81.4 Å². The number of nitrogens with one attached hydrogen (secondary N) is 1. The van der Waals surface area contributed by atoms with Crippen molar-refractivity contribution in [3.05, 3.63) is 0 Å². The Hall–Kier alpha value is -1.10. The molecule has 1 aliphatic rings. The van der Waals surface area contributed by atoms with Crippen molar-refractivity contribution < 1.29 is 14.3 Å². The van der Waals surface area contributed by atoms with Crippen LogP contribution in [0.4, 0.5) is 0 Å². The van der Waals surface area contributed by atoms with Crippen LogP contribution in [-0.4, -0.2) is 31.1 Å². The number of amides is 1. The number of rotatable bonds is 6. The lowest BCUT2D eigenvalue weighted by molar-refractivity contribution is -0.149. The summed E-state index contributed by atoms with van der Waals surface area (Å²) in [6.45, 7) is 6.46. The van der Waals surface area contributed by atoms with Gasteiger partial charge in [-0.05, 0) is 40.0 Å². The maximum Gasteiger partial charge on any atom is 0.308 e. The molecule has 0 bridgehead atoms. The van der Waals surface area contributed by atoms with Crippen LogP contribution in [0.1, 0.15) is 46.5 Å². The van der Waals surface area contributed by atoms with Crippen LogP contribution in [0.15, 0.2) is 0 Å². The number of ether oxygens (including phenoxy) is 1. The molecule has 0 aromatic heterocycles. The normalized spacial score (nSPS) is 23.9. The monoisotopic (exact) mass is 270 g/mol. The van der Waals surface area contributed by atoms with Crippen LogP contribution in [0.2, 0.25) is 0 Å². The molecule has 1 amide bonds. The summed E-state index contributed by atoms with van der Waals surface area (Å²) in [7, 11) is 0. The van der Waals surface area contributed by atoms with Gasteiger partial charge in [-0.3, -0.25) is 9.59 Å². The molecule has 0 heterocycles. The van der Waals surface area contributed by atoms with E-state index < -0.39 is 5.41 Å². The van der Waals surface area contributed by atoms with E-state index in [1.165, 1.54) is 0 Å². The summed E-state index contributed by atoms with van der Waals surface area (Å²) in [5, 5.41) is 3.36. The second-order valence-corrected chi connectivity index (χ2v) is 5.94. The van der Waals surface area contributed by atoms with Crippen LogP contribution < -0.4 is 11.1 Å². The van der Waals surface area contributed by atoms with Gasteiger partial charge in [-0.15, -0.1) is 0 Å². The van der Waals surface area contributed by atoms with Crippen molar-refractivity contribution in [3.63, 3.8) is 0 Å². The van der Waals surface area contributed by atoms with Crippen LogP contribution in [-0.2, 0) is 14.3 Å². The SMILES string of the molecule is CCOC(=O)C1CCCC(NCC(C)(C)C(N)=O)C1. The average molecular weight is 270 g/mol. The molecule has 2 atom stereocenters. The van der Waals surface area contributed by atoms with E-state index in [1.54, 1.807) is 0 Å². The summed E-state index contributed by atoms with van der Waals surface area (Å²) >= 11 is 0. The second-order valence-electron chi connectivity index (χ2n) is 5.94. The maximum absolute atomic E-state index is 11.7. The molecular weight excluding hydrogens is 244 g/mol. The van der Waals surface area contributed by atoms with Crippen molar-refractivity contribution in [2.75, 3.05) is 13.2 Å². The van der Waals surface area contributed by atoms with Crippen LogP contribution in [0.5, 0.6) is 0 Å². The lowest BCUT2D eigenvalue weighted by atomic mass is 9.84. The highest BCUT2D eigenvalue weighted by Crippen LogP contribution is 2.26. The molecule has 1 aliphatic carbocycles. The van der Waals surface area contributed by atoms with Crippen molar-refractivity contribution in [1.82, 2.24) is 5.32 Å². The summed E-state index contributed by atoms with van der Waals surface area (Å²) in [4.78, 5) is 23.0. The molecule has 0 aliphatic heterocycles.